The van der Waals surface area contributed by atoms with Gasteiger partial charge in [-0.1, -0.05) is 29.8 Å². The van der Waals surface area contributed by atoms with E-state index in [2.05, 4.69) is 10.6 Å². The zero-order valence-electron chi connectivity index (χ0n) is 14.6. The Kier molecular flexibility index (Phi) is 4.66. The topological polar surface area (TPSA) is 47.4 Å². The van der Waals surface area contributed by atoms with E-state index in [-0.39, 0.29) is 11.8 Å². The summed E-state index contributed by atoms with van der Waals surface area (Å²) in [7, 11) is 1.69. The molecule has 26 heavy (non-hydrogen) atoms. The van der Waals surface area contributed by atoms with Crippen molar-refractivity contribution in [1.29, 1.82) is 0 Å². The molecule has 0 spiro atoms. The summed E-state index contributed by atoms with van der Waals surface area (Å²) in [6.07, 6.45) is 0.447. The average molecular weight is 370 g/mol. The van der Waals surface area contributed by atoms with E-state index in [1.165, 1.54) is 0 Å². The van der Waals surface area contributed by atoms with E-state index in [9.17, 15) is 4.79 Å². The fourth-order valence-corrected chi connectivity index (χ4v) is 3.78. The molecule has 0 aliphatic carbocycles. The Morgan fingerprint density at radius 3 is 2.88 bits per heavy atom. The number of carbonyl (C=O) groups is 1. The minimum atomic E-state index is 0.0470. The van der Waals surface area contributed by atoms with Gasteiger partial charge in [0.25, 0.3) is 0 Å². The summed E-state index contributed by atoms with van der Waals surface area (Å²) in [5, 5.41) is 0.631. The van der Waals surface area contributed by atoms with Gasteiger partial charge in [-0.2, -0.15) is 0 Å². The molecule has 0 saturated carbocycles. The van der Waals surface area contributed by atoms with E-state index in [1.54, 1.807) is 12.0 Å². The predicted octanol–water partition coefficient (Wildman–Crippen LogP) is 3.86. The van der Waals surface area contributed by atoms with Crippen LogP contribution in [0.1, 0.15) is 18.2 Å². The van der Waals surface area contributed by atoms with Crippen molar-refractivity contribution in [2.45, 2.75) is 18.9 Å². The largest absolute Gasteiger partial charge is 0.383 e. The molecule has 1 aromatic heterocycles. The molecule has 1 fully saturated rings. The Hall–Kier alpha value is -2.37. The molecular weight excluding hydrogens is 350 g/mol. The van der Waals surface area contributed by atoms with Gasteiger partial charge < -0.3 is 14.2 Å². The fraction of sp³-hybridized carbons (Fsp3) is 0.300. The number of ether oxygens (including phenoxy) is 1. The second kappa shape index (κ2) is 7.09. The maximum atomic E-state index is 12.6. The van der Waals surface area contributed by atoms with E-state index in [0.29, 0.717) is 31.1 Å². The smallest absolute Gasteiger partial charge is 0.227 e. The number of benzene rings is 2. The van der Waals surface area contributed by atoms with Crippen molar-refractivity contribution in [1.82, 2.24) is 9.55 Å². The normalized spacial score (nSPS) is 17.4. The molecule has 6 heteroatoms. The summed E-state index contributed by atoms with van der Waals surface area (Å²) < 4.78 is 7.44. The zero-order valence-corrected chi connectivity index (χ0v) is 15.3. The number of para-hydroxylation sites is 2. The van der Waals surface area contributed by atoms with E-state index in [0.717, 1.165) is 22.5 Å². The number of imidazole rings is 1. The van der Waals surface area contributed by atoms with Crippen LogP contribution in [-0.2, 0) is 16.1 Å². The number of halogens is 1. The fourth-order valence-electron chi connectivity index (χ4n) is 3.60. The highest BCUT2D eigenvalue weighted by Crippen LogP contribution is 2.33. The maximum absolute atomic E-state index is 12.6. The van der Waals surface area contributed by atoms with Crippen LogP contribution in [0.5, 0.6) is 0 Å². The molecule has 1 saturated heterocycles. The van der Waals surface area contributed by atoms with E-state index in [1.807, 2.05) is 42.5 Å². The summed E-state index contributed by atoms with van der Waals surface area (Å²) in [6, 6.07) is 15.5. The van der Waals surface area contributed by atoms with Crippen LogP contribution in [0.4, 0.5) is 5.69 Å². The number of rotatable bonds is 5. The van der Waals surface area contributed by atoms with Crippen LogP contribution in [0, 0.1) is 0 Å². The standard InChI is InChI=1S/C20H20ClN3O2/c1-26-10-9-23-18-8-3-2-7-17(18)22-20(23)14-11-19(25)24(13-14)16-6-4-5-15(21)12-16/h2-8,12,14H,9-11,13H2,1H3/t14-/m1/s1. The minimum Gasteiger partial charge on any atom is -0.383 e. The van der Waals surface area contributed by atoms with Crippen LogP contribution >= 0.6 is 11.6 Å². The molecule has 2 heterocycles. The lowest BCUT2D eigenvalue weighted by Crippen LogP contribution is -2.24. The van der Waals surface area contributed by atoms with Crippen molar-refractivity contribution >= 4 is 34.2 Å². The monoisotopic (exact) mass is 369 g/mol. The minimum absolute atomic E-state index is 0.0470. The van der Waals surface area contributed by atoms with Crippen LogP contribution in [0.25, 0.3) is 11.0 Å². The first kappa shape index (κ1) is 17.1. The van der Waals surface area contributed by atoms with Crippen LogP contribution in [0.3, 0.4) is 0 Å². The molecule has 0 radical (unpaired) electrons. The Morgan fingerprint density at radius 1 is 1.23 bits per heavy atom. The number of carbonyl (C=O) groups excluding carboxylic acids is 1. The second-order valence-electron chi connectivity index (χ2n) is 6.49. The van der Waals surface area contributed by atoms with Gasteiger partial charge in [0.05, 0.1) is 17.6 Å². The zero-order chi connectivity index (χ0) is 18.1. The van der Waals surface area contributed by atoms with Crippen molar-refractivity contribution in [2.24, 2.45) is 0 Å². The van der Waals surface area contributed by atoms with Crippen molar-refractivity contribution in [3.63, 3.8) is 0 Å². The highest BCUT2D eigenvalue weighted by atomic mass is 35.5. The number of aromatic nitrogens is 2. The van der Waals surface area contributed by atoms with Gasteiger partial charge in [0, 0.05) is 43.2 Å². The molecule has 1 aliphatic rings. The molecule has 1 aliphatic heterocycles. The third-order valence-electron chi connectivity index (χ3n) is 4.81. The van der Waals surface area contributed by atoms with Gasteiger partial charge in [-0.25, -0.2) is 4.98 Å². The lowest BCUT2D eigenvalue weighted by Gasteiger charge is -2.17. The summed E-state index contributed by atoms with van der Waals surface area (Å²) in [5.41, 5.74) is 2.87. The Balaban J connectivity index is 1.68. The highest BCUT2D eigenvalue weighted by molar-refractivity contribution is 6.30. The molecule has 5 nitrogen and oxygen atoms in total. The molecule has 134 valence electrons. The number of amides is 1. The molecule has 4 rings (SSSR count). The van der Waals surface area contributed by atoms with Crippen LogP contribution < -0.4 is 4.90 Å². The molecular formula is C20H20ClN3O2. The lowest BCUT2D eigenvalue weighted by molar-refractivity contribution is -0.117. The van der Waals surface area contributed by atoms with Crippen molar-refractivity contribution in [3.8, 4) is 0 Å². The van der Waals surface area contributed by atoms with Gasteiger partial charge in [-0.15, -0.1) is 0 Å². The van der Waals surface area contributed by atoms with Gasteiger partial charge >= 0.3 is 0 Å². The maximum Gasteiger partial charge on any atom is 0.227 e. The van der Waals surface area contributed by atoms with Gasteiger partial charge in [0.2, 0.25) is 5.91 Å². The molecule has 1 atom stereocenters. The van der Waals surface area contributed by atoms with Gasteiger partial charge in [-0.05, 0) is 30.3 Å². The molecule has 1 amide bonds. The Labute approximate surface area is 157 Å². The molecule has 0 bridgehead atoms. The van der Waals surface area contributed by atoms with Crippen LogP contribution in [0.15, 0.2) is 48.5 Å². The number of nitrogens with zero attached hydrogens (tertiary/aromatic N) is 3. The van der Waals surface area contributed by atoms with Crippen molar-refractivity contribution < 1.29 is 9.53 Å². The SMILES string of the molecule is COCCn1c([C@@H]2CC(=O)N(c3cccc(Cl)c3)C2)nc2ccccc21. The number of fused-ring (bicyclic) bond motifs is 1. The summed E-state index contributed by atoms with van der Waals surface area (Å²) in [6.45, 7) is 1.93. The molecule has 0 N–H and O–H groups in total. The summed E-state index contributed by atoms with van der Waals surface area (Å²) in [5.74, 6) is 1.09. The summed E-state index contributed by atoms with van der Waals surface area (Å²) in [4.78, 5) is 19.3. The first-order valence-corrected chi connectivity index (χ1v) is 9.05. The third-order valence-corrected chi connectivity index (χ3v) is 5.05. The van der Waals surface area contributed by atoms with Gasteiger partial charge in [-0.3, -0.25) is 4.79 Å². The number of hydrogen-bond acceptors (Lipinski definition) is 3. The number of methoxy groups -OCH3 is 1. The second-order valence-corrected chi connectivity index (χ2v) is 6.92. The first-order valence-electron chi connectivity index (χ1n) is 8.67. The molecule has 3 aromatic rings. The molecule has 2 aromatic carbocycles. The summed E-state index contributed by atoms with van der Waals surface area (Å²) >= 11 is 6.09. The Bertz CT molecular complexity index is 953. The number of hydrogen-bond donors (Lipinski definition) is 0. The number of anilines is 1. The Morgan fingerprint density at radius 2 is 2.08 bits per heavy atom. The van der Waals surface area contributed by atoms with Crippen LogP contribution in [0.2, 0.25) is 5.02 Å². The molecule has 0 unspecified atom stereocenters. The van der Waals surface area contributed by atoms with Crippen molar-refractivity contribution in [2.75, 3.05) is 25.2 Å². The van der Waals surface area contributed by atoms with Gasteiger partial charge in [0.1, 0.15) is 5.82 Å². The van der Waals surface area contributed by atoms with Crippen molar-refractivity contribution in [3.05, 3.63) is 59.4 Å². The van der Waals surface area contributed by atoms with E-state index >= 15 is 0 Å². The average Bonchev–Trinajstić information content (AvgIpc) is 3.20. The quantitative estimate of drug-likeness (QED) is 0.686. The van der Waals surface area contributed by atoms with Crippen LogP contribution in [-0.4, -0.2) is 35.7 Å². The highest BCUT2D eigenvalue weighted by Gasteiger charge is 2.34. The first-order chi connectivity index (χ1) is 12.7. The third kappa shape index (κ3) is 3.08. The lowest BCUT2D eigenvalue weighted by atomic mass is 10.1. The van der Waals surface area contributed by atoms with E-state index in [4.69, 9.17) is 21.3 Å². The van der Waals surface area contributed by atoms with E-state index < -0.39 is 0 Å². The predicted molar refractivity (Wildman–Crippen MR) is 103 cm³/mol. The van der Waals surface area contributed by atoms with Gasteiger partial charge in [0.15, 0.2) is 0 Å².